The first-order valence-electron chi connectivity index (χ1n) is 10.5. The fourth-order valence-electron chi connectivity index (χ4n) is 3.53. The molecule has 3 aromatic carbocycles. The summed E-state index contributed by atoms with van der Waals surface area (Å²) in [6.45, 7) is 5.74. The van der Waals surface area contributed by atoms with Gasteiger partial charge in [0.1, 0.15) is 0 Å². The zero-order valence-corrected chi connectivity index (χ0v) is 17.7. The molecular formula is C25H29N3O2. The Balaban J connectivity index is 1.64. The third kappa shape index (κ3) is 5.38. The fraction of sp³-hybridized carbons (Fsp3) is 0.280. The quantitative estimate of drug-likeness (QED) is 0.519. The number of hydrogen-bond donors (Lipinski definition) is 2. The smallest absolute Gasteiger partial charge is 0.253 e. The molecule has 0 atom stereocenters. The molecule has 3 rings (SSSR count). The number of fused-ring (bicyclic) bond motifs is 1. The molecule has 156 valence electrons. The molecule has 0 radical (unpaired) electrons. The molecule has 0 saturated heterocycles. The molecule has 0 unspecified atom stereocenters. The standard InChI is InChI=1S/C25H29N3O2/c1-3-15-28(16-4-2)25(30)20-11-7-12-21(17-20)27-24(29)18-26-23-14-8-10-19-9-5-6-13-22(19)23/h5-14,17,26H,3-4,15-16,18H2,1-2H3,(H,27,29). The first-order valence-corrected chi connectivity index (χ1v) is 10.5. The van der Waals surface area contributed by atoms with Crippen LogP contribution in [-0.4, -0.2) is 36.3 Å². The van der Waals surface area contributed by atoms with Crippen LogP contribution >= 0.6 is 0 Å². The molecule has 3 aromatic rings. The summed E-state index contributed by atoms with van der Waals surface area (Å²) < 4.78 is 0. The Morgan fingerprint density at radius 1 is 0.867 bits per heavy atom. The van der Waals surface area contributed by atoms with E-state index in [4.69, 9.17) is 0 Å². The van der Waals surface area contributed by atoms with Gasteiger partial charge in [-0.05, 0) is 42.5 Å². The highest BCUT2D eigenvalue weighted by Crippen LogP contribution is 2.22. The van der Waals surface area contributed by atoms with E-state index in [0.29, 0.717) is 11.3 Å². The van der Waals surface area contributed by atoms with Crippen LogP contribution in [0.15, 0.2) is 66.7 Å². The van der Waals surface area contributed by atoms with Gasteiger partial charge in [0.05, 0.1) is 6.54 Å². The van der Waals surface area contributed by atoms with E-state index in [1.807, 2.05) is 47.4 Å². The summed E-state index contributed by atoms with van der Waals surface area (Å²) in [5, 5.41) is 8.30. The van der Waals surface area contributed by atoms with E-state index in [1.54, 1.807) is 24.3 Å². The second-order valence-corrected chi connectivity index (χ2v) is 7.30. The Labute approximate surface area is 178 Å². The van der Waals surface area contributed by atoms with E-state index >= 15 is 0 Å². The molecule has 0 aliphatic carbocycles. The SMILES string of the molecule is CCCN(CCC)C(=O)c1cccc(NC(=O)CNc2cccc3ccccc23)c1. The summed E-state index contributed by atoms with van der Waals surface area (Å²) in [5.41, 5.74) is 2.14. The number of amides is 2. The molecule has 2 N–H and O–H groups in total. The van der Waals surface area contributed by atoms with Crippen molar-refractivity contribution < 1.29 is 9.59 Å². The maximum Gasteiger partial charge on any atom is 0.253 e. The average molecular weight is 404 g/mol. The summed E-state index contributed by atoms with van der Waals surface area (Å²) in [4.78, 5) is 27.1. The van der Waals surface area contributed by atoms with E-state index < -0.39 is 0 Å². The van der Waals surface area contributed by atoms with Crippen LogP contribution in [0.1, 0.15) is 37.0 Å². The van der Waals surface area contributed by atoms with Gasteiger partial charge in [0.25, 0.3) is 5.91 Å². The molecule has 0 bridgehead atoms. The number of rotatable bonds is 9. The highest BCUT2D eigenvalue weighted by molar-refractivity contribution is 5.99. The Kier molecular flexibility index (Phi) is 7.44. The largest absolute Gasteiger partial charge is 0.376 e. The second-order valence-electron chi connectivity index (χ2n) is 7.30. The molecule has 0 aliphatic rings. The number of hydrogen-bond acceptors (Lipinski definition) is 3. The van der Waals surface area contributed by atoms with Gasteiger partial charge in [0.2, 0.25) is 5.91 Å². The van der Waals surface area contributed by atoms with Gasteiger partial charge >= 0.3 is 0 Å². The minimum atomic E-state index is -0.161. The summed E-state index contributed by atoms with van der Waals surface area (Å²) in [5.74, 6) is -0.157. The maximum atomic E-state index is 12.8. The van der Waals surface area contributed by atoms with Gasteiger partial charge in [0.15, 0.2) is 0 Å². The number of anilines is 2. The van der Waals surface area contributed by atoms with E-state index in [-0.39, 0.29) is 18.4 Å². The van der Waals surface area contributed by atoms with Crippen molar-refractivity contribution in [1.29, 1.82) is 0 Å². The first-order chi connectivity index (χ1) is 14.6. The van der Waals surface area contributed by atoms with Crippen LogP contribution in [0.25, 0.3) is 10.8 Å². The number of nitrogens with zero attached hydrogens (tertiary/aromatic N) is 1. The van der Waals surface area contributed by atoms with Gasteiger partial charge in [0, 0.05) is 35.4 Å². The lowest BCUT2D eigenvalue weighted by Gasteiger charge is -2.21. The molecule has 30 heavy (non-hydrogen) atoms. The van der Waals surface area contributed by atoms with Crippen LogP contribution < -0.4 is 10.6 Å². The van der Waals surface area contributed by atoms with Crippen LogP contribution in [0.2, 0.25) is 0 Å². The Bertz CT molecular complexity index is 1000. The predicted molar refractivity (Wildman–Crippen MR) is 124 cm³/mol. The van der Waals surface area contributed by atoms with Gasteiger partial charge in [-0.15, -0.1) is 0 Å². The van der Waals surface area contributed by atoms with Gasteiger partial charge in [-0.25, -0.2) is 0 Å². The Morgan fingerprint density at radius 2 is 1.57 bits per heavy atom. The predicted octanol–water partition coefficient (Wildman–Crippen LogP) is 5.15. The molecule has 2 amide bonds. The lowest BCUT2D eigenvalue weighted by molar-refractivity contribution is -0.114. The minimum absolute atomic E-state index is 0.00341. The van der Waals surface area contributed by atoms with Gasteiger partial charge in [-0.1, -0.05) is 56.3 Å². The molecule has 0 aliphatic heterocycles. The fourth-order valence-corrected chi connectivity index (χ4v) is 3.53. The molecular weight excluding hydrogens is 374 g/mol. The zero-order chi connectivity index (χ0) is 21.3. The lowest BCUT2D eigenvalue weighted by Crippen LogP contribution is -2.32. The van der Waals surface area contributed by atoms with Crippen molar-refractivity contribution in [3.8, 4) is 0 Å². The molecule has 0 fully saturated rings. The monoisotopic (exact) mass is 403 g/mol. The zero-order valence-electron chi connectivity index (χ0n) is 17.7. The first kappa shape index (κ1) is 21.4. The molecule has 0 spiro atoms. The molecule has 0 heterocycles. The summed E-state index contributed by atoms with van der Waals surface area (Å²) in [6, 6.07) is 21.2. The highest BCUT2D eigenvalue weighted by Gasteiger charge is 2.15. The highest BCUT2D eigenvalue weighted by atomic mass is 16.2. The maximum absolute atomic E-state index is 12.8. The van der Waals surface area contributed by atoms with E-state index in [2.05, 4.69) is 24.5 Å². The molecule has 0 saturated carbocycles. The van der Waals surface area contributed by atoms with Crippen molar-refractivity contribution in [2.75, 3.05) is 30.3 Å². The van der Waals surface area contributed by atoms with Crippen LogP contribution in [0, 0.1) is 0 Å². The third-order valence-corrected chi connectivity index (χ3v) is 4.90. The van der Waals surface area contributed by atoms with Crippen molar-refractivity contribution in [1.82, 2.24) is 4.90 Å². The number of benzene rings is 3. The molecule has 5 nitrogen and oxygen atoms in total. The average Bonchev–Trinajstić information content (AvgIpc) is 2.77. The van der Waals surface area contributed by atoms with E-state index in [9.17, 15) is 9.59 Å². The molecule has 0 aromatic heterocycles. The van der Waals surface area contributed by atoms with Crippen molar-refractivity contribution >= 4 is 34.0 Å². The summed E-state index contributed by atoms with van der Waals surface area (Å²) in [7, 11) is 0. The van der Waals surface area contributed by atoms with Crippen molar-refractivity contribution in [2.45, 2.75) is 26.7 Å². The topological polar surface area (TPSA) is 61.4 Å². The lowest BCUT2D eigenvalue weighted by atomic mass is 10.1. The van der Waals surface area contributed by atoms with Gasteiger partial charge < -0.3 is 15.5 Å². The van der Waals surface area contributed by atoms with Crippen molar-refractivity contribution in [2.24, 2.45) is 0 Å². The molecule has 5 heteroatoms. The summed E-state index contributed by atoms with van der Waals surface area (Å²) >= 11 is 0. The second kappa shape index (κ2) is 10.4. The van der Waals surface area contributed by atoms with Crippen LogP contribution in [0.4, 0.5) is 11.4 Å². The summed E-state index contributed by atoms with van der Waals surface area (Å²) in [6.07, 6.45) is 1.84. The Morgan fingerprint density at radius 3 is 2.33 bits per heavy atom. The third-order valence-electron chi connectivity index (χ3n) is 4.90. The van der Waals surface area contributed by atoms with Crippen molar-refractivity contribution in [3.05, 3.63) is 72.3 Å². The van der Waals surface area contributed by atoms with Gasteiger partial charge in [-0.3, -0.25) is 9.59 Å². The Hall–Kier alpha value is -3.34. The minimum Gasteiger partial charge on any atom is -0.376 e. The van der Waals surface area contributed by atoms with Crippen LogP contribution in [0.5, 0.6) is 0 Å². The van der Waals surface area contributed by atoms with E-state index in [1.165, 1.54) is 0 Å². The normalized spacial score (nSPS) is 10.6. The van der Waals surface area contributed by atoms with Gasteiger partial charge in [-0.2, -0.15) is 0 Å². The van der Waals surface area contributed by atoms with Crippen molar-refractivity contribution in [3.63, 3.8) is 0 Å². The van der Waals surface area contributed by atoms with Crippen LogP contribution in [0.3, 0.4) is 0 Å². The number of nitrogens with one attached hydrogen (secondary N) is 2. The number of carbonyl (C=O) groups excluding carboxylic acids is 2. The van der Waals surface area contributed by atoms with Crippen LogP contribution in [-0.2, 0) is 4.79 Å². The number of carbonyl (C=O) groups is 2. The van der Waals surface area contributed by atoms with E-state index in [0.717, 1.165) is 42.4 Å².